The monoisotopic (exact) mass is 415 g/mol. The van der Waals surface area contributed by atoms with E-state index in [1.165, 1.54) is 6.42 Å². The first kappa shape index (κ1) is 20.5. The topological polar surface area (TPSA) is 57.8 Å². The van der Waals surface area contributed by atoms with Crippen molar-refractivity contribution in [1.29, 1.82) is 5.26 Å². The van der Waals surface area contributed by atoms with E-state index in [-0.39, 0.29) is 17.5 Å². The Morgan fingerprint density at radius 2 is 1.89 bits per heavy atom. The van der Waals surface area contributed by atoms with E-state index >= 15 is 0 Å². The number of nitriles is 1. The molecule has 0 atom stereocenters. The van der Waals surface area contributed by atoms with Crippen LogP contribution in [0.3, 0.4) is 0 Å². The van der Waals surface area contributed by atoms with Crippen LogP contribution in [0.2, 0.25) is 10.0 Å². The largest absolute Gasteiger partial charge is 0.349 e. The van der Waals surface area contributed by atoms with E-state index in [2.05, 4.69) is 11.4 Å². The Morgan fingerprint density at radius 1 is 1.18 bits per heavy atom. The van der Waals surface area contributed by atoms with E-state index in [4.69, 9.17) is 23.2 Å². The molecule has 1 heterocycles. The maximum Gasteiger partial charge on any atom is 0.262 e. The third-order valence-corrected chi connectivity index (χ3v) is 5.98. The van der Waals surface area contributed by atoms with Crippen LogP contribution in [-0.4, -0.2) is 16.5 Å². The molecule has 0 aliphatic heterocycles. The van der Waals surface area contributed by atoms with Gasteiger partial charge in [-0.15, -0.1) is 0 Å². The summed E-state index contributed by atoms with van der Waals surface area (Å²) in [6.45, 7) is 3.93. The first-order valence-electron chi connectivity index (χ1n) is 9.47. The van der Waals surface area contributed by atoms with Gasteiger partial charge in [-0.05, 0) is 62.6 Å². The molecule has 1 N–H and O–H groups in total. The predicted molar refractivity (Wildman–Crippen MR) is 114 cm³/mol. The molecule has 6 heteroatoms. The van der Waals surface area contributed by atoms with Crippen LogP contribution in [0.15, 0.2) is 29.8 Å². The third-order valence-electron chi connectivity index (χ3n) is 5.24. The highest BCUT2D eigenvalue weighted by atomic mass is 35.5. The molecular formula is C22H23Cl2N3O. The number of carbonyl (C=O) groups is 1. The molecule has 1 saturated carbocycles. The molecule has 1 aliphatic carbocycles. The van der Waals surface area contributed by atoms with Gasteiger partial charge in [0.15, 0.2) is 0 Å². The van der Waals surface area contributed by atoms with Crippen molar-refractivity contribution in [1.82, 2.24) is 9.88 Å². The van der Waals surface area contributed by atoms with Crippen molar-refractivity contribution in [2.24, 2.45) is 0 Å². The van der Waals surface area contributed by atoms with Crippen LogP contribution in [0, 0.1) is 25.2 Å². The summed E-state index contributed by atoms with van der Waals surface area (Å²) in [5.74, 6) is -0.297. The fourth-order valence-electron chi connectivity index (χ4n) is 3.77. The predicted octanol–water partition coefficient (Wildman–Crippen LogP) is 5.76. The lowest BCUT2D eigenvalue weighted by Crippen LogP contribution is -2.36. The molecule has 3 rings (SSSR count). The zero-order chi connectivity index (χ0) is 20.3. The SMILES string of the molecule is Cc1cc(C=C(C#N)C(=O)NC2CCCCC2)c(C)n1-c1ccc(Cl)c(Cl)c1. The fourth-order valence-corrected chi connectivity index (χ4v) is 4.06. The van der Waals surface area contributed by atoms with Gasteiger partial charge >= 0.3 is 0 Å². The molecule has 4 nitrogen and oxygen atoms in total. The molecule has 1 amide bonds. The van der Waals surface area contributed by atoms with Gasteiger partial charge in [-0.3, -0.25) is 4.79 Å². The number of hydrogen-bond acceptors (Lipinski definition) is 2. The molecular weight excluding hydrogens is 393 g/mol. The third kappa shape index (κ3) is 4.43. The molecule has 0 radical (unpaired) electrons. The van der Waals surface area contributed by atoms with Gasteiger partial charge in [-0.2, -0.15) is 5.26 Å². The second-order valence-electron chi connectivity index (χ2n) is 7.24. The highest BCUT2D eigenvalue weighted by molar-refractivity contribution is 6.42. The number of hydrogen-bond donors (Lipinski definition) is 1. The number of benzene rings is 1. The average Bonchev–Trinajstić information content (AvgIpc) is 2.96. The summed E-state index contributed by atoms with van der Waals surface area (Å²) in [4.78, 5) is 12.6. The highest BCUT2D eigenvalue weighted by Gasteiger charge is 2.19. The number of carbonyl (C=O) groups excluding carboxylic acids is 1. The molecule has 0 unspecified atom stereocenters. The molecule has 0 bridgehead atoms. The summed E-state index contributed by atoms with van der Waals surface area (Å²) in [6.07, 6.45) is 7.10. The Balaban J connectivity index is 1.89. The number of aryl methyl sites for hydroxylation is 1. The van der Waals surface area contributed by atoms with Gasteiger partial charge in [0.25, 0.3) is 5.91 Å². The minimum Gasteiger partial charge on any atom is -0.349 e. The number of amides is 1. The number of rotatable bonds is 4. The Hall–Kier alpha value is -2.22. The van der Waals surface area contributed by atoms with Crippen LogP contribution in [0.4, 0.5) is 0 Å². The van der Waals surface area contributed by atoms with Crippen molar-refractivity contribution in [2.45, 2.75) is 52.0 Å². The second kappa shape index (κ2) is 8.86. The molecule has 0 spiro atoms. The van der Waals surface area contributed by atoms with Crippen molar-refractivity contribution in [3.63, 3.8) is 0 Å². The first-order chi connectivity index (χ1) is 13.4. The first-order valence-corrected chi connectivity index (χ1v) is 10.2. The summed E-state index contributed by atoms with van der Waals surface area (Å²) in [7, 11) is 0. The van der Waals surface area contributed by atoms with Crippen molar-refractivity contribution >= 4 is 35.2 Å². The molecule has 2 aromatic rings. The molecule has 1 aliphatic rings. The minimum atomic E-state index is -0.297. The van der Waals surface area contributed by atoms with Crippen LogP contribution in [0.5, 0.6) is 0 Å². The number of aromatic nitrogens is 1. The lowest BCUT2D eigenvalue weighted by Gasteiger charge is -2.22. The van der Waals surface area contributed by atoms with Crippen molar-refractivity contribution in [2.75, 3.05) is 0 Å². The van der Waals surface area contributed by atoms with Crippen LogP contribution in [-0.2, 0) is 4.79 Å². The highest BCUT2D eigenvalue weighted by Crippen LogP contribution is 2.28. The van der Waals surface area contributed by atoms with Crippen LogP contribution < -0.4 is 5.32 Å². The van der Waals surface area contributed by atoms with Crippen LogP contribution in [0.1, 0.15) is 49.1 Å². The summed E-state index contributed by atoms with van der Waals surface area (Å²) >= 11 is 12.2. The van der Waals surface area contributed by atoms with E-state index in [0.717, 1.165) is 48.3 Å². The summed E-state index contributed by atoms with van der Waals surface area (Å²) < 4.78 is 2.03. The molecule has 1 aromatic heterocycles. The summed E-state index contributed by atoms with van der Waals surface area (Å²) in [6, 6.07) is 9.63. The fraction of sp³-hybridized carbons (Fsp3) is 0.364. The molecule has 146 valence electrons. The summed E-state index contributed by atoms with van der Waals surface area (Å²) in [5.41, 5.74) is 3.74. The Morgan fingerprint density at radius 3 is 2.54 bits per heavy atom. The van der Waals surface area contributed by atoms with E-state index in [9.17, 15) is 10.1 Å². The van der Waals surface area contributed by atoms with E-state index in [1.807, 2.05) is 30.5 Å². The zero-order valence-corrected chi connectivity index (χ0v) is 17.6. The van der Waals surface area contributed by atoms with Gasteiger partial charge in [0.2, 0.25) is 0 Å². The molecule has 0 saturated heterocycles. The maximum absolute atomic E-state index is 12.6. The lowest BCUT2D eigenvalue weighted by atomic mass is 9.95. The summed E-state index contributed by atoms with van der Waals surface area (Å²) in [5, 5.41) is 13.5. The van der Waals surface area contributed by atoms with E-state index < -0.39 is 0 Å². The number of nitrogens with one attached hydrogen (secondary N) is 1. The molecule has 1 fully saturated rings. The molecule has 28 heavy (non-hydrogen) atoms. The minimum absolute atomic E-state index is 0.125. The van der Waals surface area contributed by atoms with E-state index in [1.54, 1.807) is 18.2 Å². The van der Waals surface area contributed by atoms with Gasteiger partial charge < -0.3 is 9.88 Å². The standard InChI is InChI=1S/C22H23Cl2N3O/c1-14-10-16(15(2)27(14)19-8-9-20(23)21(24)12-19)11-17(13-25)22(28)26-18-6-4-3-5-7-18/h8-12,18H,3-7H2,1-2H3,(H,26,28). The van der Waals surface area contributed by atoms with Crippen molar-refractivity contribution in [3.8, 4) is 11.8 Å². The smallest absolute Gasteiger partial charge is 0.262 e. The van der Waals surface area contributed by atoms with E-state index in [0.29, 0.717) is 10.0 Å². The van der Waals surface area contributed by atoms with Gasteiger partial charge in [-0.1, -0.05) is 42.5 Å². The Bertz CT molecular complexity index is 963. The second-order valence-corrected chi connectivity index (χ2v) is 8.05. The quantitative estimate of drug-likeness (QED) is 0.509. The Labute approximate surface area is 175 Å². The van der Waals surface area contributed by atoms with Gasteiger partial charge in [0.05, 0.1) is 10.0 Å². The number of halogens is 2. The number of nitrogens with zero attached hydrogens (tertiary/aromatic N) is 2. The van der Waals surface area contributed by atoms with Gasteiger partial charge in [-0.25, -0.2) is 0 Å². The van der Waals surface area contributed by atoms with Gasteiger partial charge in [0, 0.05) is 23.1 Å². The normalized spacial score (nSPS) is 15.3. The van der Waals surface area contributed by atoms with Crippen LogP contribution in [0.25, 0.3) is 11.8 Å². The van der Waals surface area contributed by atoms with Gasteiger partial charge in [0.1, 0.15) is 11.6 Å². The lowest BCUT2D eigenvalue weighted by molar-refractivity contribution is -0.117. The Kier molecular flexibility index (Phi) is 6.49. The van der Waals surface area contributed by atoms with Crippen molar-refractivity contribution in [3.05, 3.63) is 56.8 Å². The maximum atomic E-state index is 12.6. The van der Waals surface area contributed by atoms with Crippen molar-refractivity contribution < 1.29 is 4.79 Å². The van der Waals surface area contributed by atoms with Crippen LogP contribution >= 0.6 is 23.2 Å². The zero-order valence-electron chi connectivity index (χ0n) is 16.1. The molecule has 1 aromatic carbocycles. The average molecular weight is 416 g/mol.